The summed E-state index contributed by atoms with van der Waals surface area (Å²) in [6.07, 6.45) is 0.881. The molecule has 29 heavy (non-hydrogen) atoms. The van der Waals surface area contributed by atoms with Gasteiger partial charge in [-0.3, -0.25) is 4.79 Å². The van der Waals surface area contributed by atoms with Gasteiger partial charge in [0, 0.05) is 11.3 Å². The molecule has 0 aromatic heterocycles. The lowest BCUT2D eigenvalue weighted by Crippen LogP contribution is -2.14. The molecule has 7 heteroatoms. The lowest BCUT2D eigenvalue weighted by molar-refractivity contribution is -0.142. The SMILES string of the molecule is CCCOc1ccc(C(=O)Nc2ccc(OCC(=O)OC)cc2C)cc1OCC. The van der Waals surface area contributed by atoms with E-state index in [1.54, 1.807) is 36.4 Å². The number of rotatable bonds is 10. The summed E-state index contributed by atoms with van der Waals surface area (Å²) >= 11 is 0. The number of nitrogens with one attached hydrogen (secondary N) is 1. The molecule has 0 unspecified atom stereocenters. The quantitative estimate of drug-likeness (QED) is 0.606. The van der Waals surface area contributed by atoms with E-state index in [9.17, 15) is 9.59 Å². The number of amides is 1. The van der Waals surface area contributed by atoms with Gasteiger partial charge in [0.05, 0.1) is 20.3 Å². The number of aryl methyl sites for hydroxylation is 1. The van der Waals surface area contributed by atoms with Crippen molar-refractivity contribution in [1.82, 2.24) is 0 Å². The van der Waals surface area contributed by atoms with Gasteiger partial charge in [-0.2, -0.15) is 0 Å². The van der Waals surface area contributed by atoms with E-state index in [2.05, 4.69) is 10.1 Å². The third-order valence-electron chi connectivity index (χ3n) is 4.00. The largest absolute Gasteiger partial charge is 0.490 e. The van der Waals surface area contributed by atoms with Crippen molar-refractivity contribution in [2.45, 2.75) is 27.2 Å². The summed E-state index contributed by atoms with van der Waals surface area (Å²) in [4.78, 5) is 23.9. The van der Waals surface area contributed by atoms with Crippen LogP contribution < -0.4 is 19.5 Å². The van der Waals surface area contributed by atoms with Crippen molar-refractivity contribution >= 4 is 17.6 Å². The summed E-state index contributed by atoms with van der Waals surface area (Å²) in [5.41, 5.74) is 1.90. The molecule has 0 aliphatic heterocycles. The van der Waals surface area contributed by atoms with Crippen LogP contribution in [0.4, 0.5) is 5.69 Å². The monoisotopic (exact) mass is 401 g/mol. The molecule has 156 valence electrons. The minimum absolute atomic E-state index is 0.172. The van der Waals surface area contributed by atoms with E-state index in [1.807, 2.05) is 20.8 Å². The molecule has 0 spiro atoms. The summed E-state index contributed by atoms with van der Waals surface area (Å²) in [5.74, 6) is 0.947. The van der Waals surface area contributed by atoms with Gasteiger partial charge in [0.15, 0.2) is 18.1 Å². The Labute approximate surface area is 170 Å². The third kappa shape index (κ3) is 6.41. The second-order valence-electron chi connectivity index (χ2n) is 6.24. The zero-order valence-electron chi connectivity index (χ0n) is 17.2. The van der Waals surface area contributed by atoms with E-state index < -0.39 is 5.97 Å². The molecule has 1 N–H and O–H groups in total. The summed E-state index contributed by atoms with van der Waals surface area (Å²) in [5, 5.41) is 2.88. The lowest BCUT2D eigenvalue weighted by atomic mass is 10.1. The summed E-state index contributed by atoms with van der Waals surface area (Å²) < 4.78 is 21.2. The molecule has 0 aliphatic carbocycles. The molecule has 0 atom stereocenters. The van der Waals surface area contributed by atoms with E-state index in [0.29, 0.717) is 41.7 Å². The predicted octanol–water partition coefficient (Wildman–Crippen LogP) is 3.99. The lowest BCUT2D eigenvalue weighted by Gasteiger charge is -2.14. The summed E-state index contributed by atoms with van der Waals surface area (Å²) in [6, 6.07) is 10.3. The zero-order valence-corrected chi connectivity index (χ0v) is 17.2. The predicted molar refractivity (Wildman–Crippen MR) is 110 cm³/mol. The standard InChI is InChI=1S/C22H27NO6/c1-5-11-28-19-10-7-16(13-20(19)27-6-2)22(25)23-18-9-8-17(12-15(18)3)29-14-21(24)26-4/h7-10,12-13H,5-6,11,14H2,1-4H3,(H,23,25). The fourth-order valence-electron chi connectivity index (χ4n) is 2.51. The molecule has 2 aromatic carbocycles. The van der Waals surface area contributed by atoms with E-state index in [0.717, 1.165) is 12.0 Å². The van der Waals surface area contributed by atoms with Gasteiger partial charge in [-0.05, 0) is 62.2 Å². The zero-order chi connectivity index (χ0) is 21.2. The van der Waals surface area contributed by atoms with E-state index in [-0.39, 0.29) is 12.5 Å². The number of hydrogen-bond donors (Lipinski definition) is 1. The molecule has 0 fully saturated rings. The normalized spacial score (nSPS) is 10.2. The van der Waals surface area contributed by atoms with Crippen molar-refractivity contribution in [2.75, 3.05) is 32.2 Å². The number of benzene rings is 2. The van der Waals surface area contributed by atoms with Crippen molar-refractivity contribution in [3.63, 3.8) is 0 Å². The van der Waals surface area contributed by atoms with Crippen molar-refractivity contribution < 1.29 is 28.5 Å². The van der Waals surface area contributed by atoms with Gasteiger partial charge in [-0.25, -0.2) is 4.79 Å². The number of carbonyl (C=O) groups is 2. The fourth-order valence-corrected chi connectivity index (χ4v) is 2.51. The van der Waals surface area contributed by atoms with Crippen LogP contribution in [0.25, 0.3) is 0 Å². The molecule has 1 amide bonds. The van der Waals surface area contributed by atoms with Gasteiger partial charge in [-0.1, -0.05) is 6.92 Å². The first-order valence-electron chi connectivity index (χ1n) is 9.49. The number of hydrogen-bond acceptors (Lipinski definition) is 6. The van der Waals surface area contributed by atoms with Gasteiger partial charge in [-0.15, -0.1) is 0 Å². The average Bonchev–Trinajstić information content (AvgIpc) is 2.72. The van der Waals surface area contributed by atoms with Crippen LogP contribution in [-0.4, -0.2) is 38.8 Å². The maximum absolute atomic E-state index is 12.7. The van der Waals surface area contributed by atoms with Gasteiger partial charge in [0.25, 0.3) is 5.91 Å². The first-order chi connectivity index (χ1) is 14.0. The molecule has 0 saturated carbocycles. The van der Waals surface area contributed by atoms with Crippen molar-refractivity contribution in [2.24, 2.45) is 0 Å². The number of anilines is 1. The van der Waals surface area contributed by atoms with E-state index >= 15 is 0 Å². The average molecular weight is 401 g/mol. The molecule has 0 bridgehead atoms. The smallest absolute Gasteiger partial charge is 0.343 e. The molecule has 0 aliphatic rings. The van der Waals surface area contributed by atoms with Crippen LogP contribution >= 0.6 is 0 Å². The Morgan fingerprint density at radius 3 is 2.41 bits per heavy atom. The van der Waals surface area contributed by atoms with Gasteiger partial charge in [0.1, 0.15) is 5.75 Å². The summed E-state index contributed by atoms with van der Waals surface area (Å²) in [6.45, 7) is 6.62. The van der Waals surface area contributed by atoms with Crippen molar-refractivity contribution in [1.29, 1.82) is 0 Å². The third-order valence-corrected chi connectivity index (χ3v) is 4.00. The first kappa shape index (κ1) is 22.1. The van der Waals surface area contributed by atoms with E-state index in [1.165, 1.54) is 7.11 Å². The molecule has 2 aromatic rings. The van der Waals surface area contributed by atoms with Crippen molar-refractivity contribution in [3.8, 4) is 17.2 Å². The number of esters is 1. The van der Waals surface area contributed by atoms with Gasteiger partial charge in [0.2, 0.25) is 0 Å². The molecule has 0 saturated heterocycles. The molecule has 2 rings (SSSR count). The van der Waals surface area contributed by atoms with Crippen LogP contribution in [0.3, 0.4) is 0 Å². The first-order valence-corrected chi connectivity index (χ1v) is 9.49. The second kappa shape index (κ2) is 10.9. The topological polar surface area (TPSA) is 83.1 Å². The molecule has 0 heterocycles. The minimum atomic E-state index is -0.462. The highest BCUT2D eigenvalue weighted by molar-refractivity contribution is 6.05. The highest BCUT2D eigenvalue weighted by atomic mass is 16.6. The van der Waals surface area contributed by atoms with Crippen LogP contribution in [0.15, 0.2) is 36.4 Å². The Morgan fingerprint density at radius 1 is 0.966 bits per heavy atom. The molecule has 0 radical (unpaired) electrons. The molecule has 7 nitrogen and oxygen atoms in total. The highest BCUT2D eigenvalue weighted by Crippen LogP contribution is 2.29. The fraction of sp³-hybridized carbons (Fsp3) is 0.364. The number of methoxy groups -OCH3 is 1. The van der Waals surface area contributed by atoms with Crippen LogP contribution in [0.5, 0.6) is 17.2 Å². The van der Waals surface area contributed by atoms with Crippen LogP contribution in [0.2, 0.25) is 0 Å². The number of carbonyl (C=O) groups excluding carboxylic acids is 2. The minimum Gasteiger partial charge on any atom is -0.490 e. The van der Waals surface area contributed by atoms with Crippen LogP contribution in [0.1, 0.15) is 36.2 Å². The van der Waals surface area contributed by atoms with Gasteiger partial charge < -0.3 is 24.3 Å². The second-order valence-corrected chi connectivity index (χ2v) is 6.24. The maximum atomic E-state index is 12.7. The van der Waals surface area contributed by atoms with E-state index in [4.69, 9.17) is 14.2 Å². The Morgan fingerprint density at radius 2 is 1.76 bits per heavy atom. The van der Waals surface area contributed by atoms with Crippen LogP contribution in [0, 0.1) is 6.92 Å². The number of ether oxygens (including phenoxy) is 4. The van der Waals surface area contributed by atoms with Crippen molar-refractivity contribution in [3.05, 3.63) is 47.5 Å². The molecular weight excluding hydrogens is 374 g/mol. The highest BCUT2D eigenvalue weighted by Gasteiger charge is 2.13. The van der Waals surface area contributed by atoms with Gasteiger partial charge >= 0.3 is 5.97 Å². The van der Waals surface area contributed by atoms with Crippen LogP contribution in [-0.2, 0) is 9.53 Å². The Bertz CT molecular complexity index is 849. The summed E-state index contributed by atoms with van der Waals surface area (Å²) in [7, 11) is 1.30. The Hall–Kier alpha value is -3.22. The Kier molecular flexibility index (Phi) is 8.33. The molecular formula is C22H27NO6. The Balaban J connectivity index is 2.10. The maximum Gasteiger partial charge on any atom is 0.343 e.